The van der Waals surface area contributed by atoms with Crippen LogP contribution < -0.4 is 10.6 Å². The van der Waals surface area contributed by atoms with Crippen molar-refractivity contribution in [3.8, 4) is 11.3 Å². The second-order valence-electron chi connectivity index (χ2n) is 7.72. The Kier molecular flexibility index (Phi) is 6.28. The van der Waals surface area contributed by atoms with Gasteiger partial charge in [0.15, 0.2) is 0 Å². The van der Waals surface area contributed by atoms with Gasteiger partial charge in [-0.1, -0.05) is 60.7 Å². The zero-order valence-corrected chi connectivity index (χ0v) is 16.8. The molecular weight excluding hydrogens is 376 g/mol. The largest absolute Gasteiger partial charge is 0.461 e. The van der Waals surface area contributed by atoms with Crippen LogP contribution in [0.5, 0.6) is 0 Å². The summed E-state index contributed by atoms with van der Waals surface area (Å²) >= 11 is 0. The molecule has 1 atom stereocenters. The van der Waals surface area contributed by atoms with Crippen LogP contribution in [-0.2, 0) is 22.4 Å². The molecule has 1 aromatic heterocycles. The van der Waals surface area contributed by atoms with Gasteiger partial charge in [-0.25, -0.2) is 0 Å². The van der Waals surface area contributed by atoms with Gasteiger partial charge in [-0.05, 0) is 30.5 Å². The van der Waals surface area contributed by atoms with E-state index in [0.29, 0.717) is 12.8 Å². The zero-order chi connectivity index (χ0) is 20.8. The summed E-state index contributed by atoms with van der Waals surface area (Å²) in [5.74, 6) is 1.28. The number of hydrogen-bond acceptors (Lipinski definition) is 3. The lowest BCUT2D eigenvalue weighted by Crippen LogP contribution is -2.48. The molecule has 0 aliphatic heterocycles. The second-order valence-corrected chi connectivity index (χ2v) is 7.72. The predicted molar refractivity (Wildman–Crippen MR) is 116 cm³/mol. The van der Waals surface area contributed by atoms with Gasteiger partial charge < -0.3 is 15.1 Å². The number of carbonyl (C=O) groups excluding carboxylic acids is 2. The van der Waals surface area contributed by atoms with Gasteiger partial charge in [0.05, 0.1) is 0 Å². The summed E-state index contributed by atoms with van der Waals surface area (Å²) in [4.78, 5) is 25.2. The van der Waals surface area contributed by atoms with Gasteiger partial charge in [0, 0.05) is 30.9 Å². The van der Waals surface area contributed by atoms with E-state index in [9.17, 15) is 9.59 Å². The van der Waals surface area contributed by atoms with Crippen LogP contribution in [0.15, 0.2) is 77.2 Å². The molecule has 2 amide bonds. The SMILES string of the molecule is O=C(CCc1ccc(-c2ccccc2)o1)NC(Cc1ccccc1)C(=O)NC1CC1. The average molecular weight is 402 g/mol. The van der Waals surface area contributed by atoms with Gasteiger partial charge in [0.2, 0.25) is 11.8 Å². The molecule has 0 bridgehead atoms. The van der Waals surface area contributed by atoms with Crippen LogP contribution in [0, 0.1) is 0 Å². The number of aryl methyl sites for hydroxylation is 1. The molecule has 2 N–H and O–H groups in total. The fourth-order valence-electron chi connectivity index (χ4n) is 3.36. The summed E-state index contributed by atoms with van der Waals surface area (Å²) in [5, 5.41) is 5.92. The summed E-state index contributed by atoms with van der Waals surface area (Å²) in [6.45, 7) is 0. The van der Waals surface area contributed by atoms with Crippen molar-refractivity contribution < 1.29 is 14.0 Å². The molecule has 1 heterocycles. The molecular formula is C25H26N2O3. The van der Waals surface area contributed by atoms with Crippen LogP contribution in [0.3, 0.4) is 0 Å². The van der Waals surface area contributed by atoms with Crippen molar-refractivity contribution in [2.45, 2.75) is 44.2 Å². The minimum Gasteiger partial charge on any atom is -0.461 e. The first-order chi connectivity index (χ1) is 14.7. The Bertz CT molecular complexity index is 978. The van der Waals surface area contributed by atoms with E-state index in [4.69, 9.17) is 4.42 Å². The topological polar surface area (TPSA) is 71.3 Å². The number of hydrogen-bond donors (Lipinski definition) is 2. The molecule has 5 nitrogen and oxygen atoms in total. The normalized spacial score (nSPS) is 14.1. The fraction of sp³-hybridized carbons (Fsp3) is 0.280. The Morgan fingerprint density at radius 1 is 0.933 bits per heavy atom. The van der Waals surface area contributed by atoms with Crippen molar-refractivity contribution in [1.29, 1.82) is 0 Å². The number of amides is 2. The van der Waals surface area contributed by atoms with E-state index < -0.39 is 6.04 Å². The number of benzene rings is 2. The molecule has 1 saturated carbocycles. The molecule has 30 heavy (non-hydrogen) atoms. The van der Waals surface area contributed by atoms with Crippen LogP contribution in [0.25, 0.3) is 11.3 Å². The van der Waals surface area contributed by atoms with Gasteiger partial charge in [-0.3, -0.25) is 9.59 Å². The van der Waals surface area contributed by atoms with E-state index >= 15 is 0 Å². The van der Waals surface area contributed by atoms with Gasteiger partial charge in [-0.15, -0.1) is 0 Å². The summed E-state index contributed by atoms with van der Waals surface area (Å²) in [7, 11) is 0. The molecule has 1 aliphatic rings. The van der Waals surface area contributed by atoms with Crippen molar-refractivity contribution in [1.82, 2.24) is 10.6 Å². The molecule has 0 spiro atoms. The van der Waals surface area contributed by atoms with Crippen LogP contribution in [0.1, 0.15) is 30.6 Å². The van der Waals surface area contributed by atoms with Gasteiger partial charge in [-0.2, -0.15) is 0 Å². The van der Waals surface area contributed by atoms with Crippen LogP contribution in [-0.4, -0.2) is 23.9 Å². The summed E-state index contributed by atoms with van der Waals surface area (Å²) in [6, 6.07) is 23.1. The first kappa shape index (κ1) is 20.0. The molecule has 5 heteroatoms. The molecule has 154 valence electrons. The molecule has 1 unspecified atom stereocenters. The Morgan fingerprint density at radius 2 is 1.63 bits per heavy atom. The van der Waals surface area contributed by atoms with E-state index in [1.54, 1.807) is 0 Å². The Balaban J connectivity index is 1.34. The second kappa shape index (κ2) is 9.44. The van der Waals surface area contributed by atoms with E-state index in [2.05, 4.69) is 10.6 Å². The molecule has 0 saturated heterocycles. The highest BCUT2D eigenvalue weighted by Gasteiger charge is 2.28. The maximum Gasteiger partial charge on any atom is 0.243 e. The third-order valence-corrected chi connectivity index (χ3v) is 5.18. The highest BCUT2D eigenvalue weighted by molar-refractivity contribution is 5.88. The summed E-state index contributed by atoms with van der Waals surface area (Å²) in [5.41, 5.74) is 2.03. The van der Waals surface area contributed by atoms with Crippen molar-refractivity contribution in [3.63, 3.8) is 0 Å². The standard InChI is InChI=1S/C25H26N2O3/c28-24(16-14-21-13-15-23(30-21)19-9-5-2-6-10-19)27-22(25(29)26-20-11-12-20)17-18-7-3-1-4-8-18/h1-10,13,15,20,22H,11-12,14,16-17H2,(H,26,29)(H,27,28). The quantitative estimate of drug-likeness (QED) is 0.570. The van der Waals surface area contributed by atoms with Crippen molar-refractivity contribution in [3.05, 3.63) is 84.1 Å². The van der Waals surface area contributed by atoms with Crippen molar-refractivity contribution >= 4 is 11.8 Å². The van der Waals surface area contributed by atoms with Crippen LogP contribution >= 0.6 is 0 Å². The maximum atomic E-state index is 12.6. The van der Waals surface area contributed by atoms with Gasteiger partial charge in [0.25, 0.3) is 0 Å². The third kappa shape index (κ3) is 5.60. The third-order valence-electron chi connectivity index (χ3n) is 5.18. The van der Waals surface area contributed by atoms with Gasteiger partial charge in [0.1, 0.15) is 17.6 Å². The van der Waals surface area contributed by atoms with Crippen molar-refractivity contribution in [2.24, 2.45) is 0 Å². The predicted octanol–water partition coefficient (Wildman–Crippen LogP) is 3.89. The molecule has 0 radical (unpaired) electrons. The minimum atomic E-state index is -0.572. The Labute approximate surface area is 176 Å². The molecule has 1 fully saturated rings. The van der Waals surface area contributed by atoms with Crippen molar-refractivity contribution in [2.75, 3.05) is 0 Å². The Hall–Kier alpha value is -3.34. The van der Waals surface area contributed by atoms with Crippen LogP contribution in [0.2, 0.25) is 0 Å². The van der Waals surface area contributed by atoms with Gasteiger partial charge >= 0.3 is 0 Å². The smallest absolute Gasteiger partial charge is 0.243 e. The average Bonchev–Trinajstić information content (AvgIpc) is 3.46. The van der Waals surface area contributed by atoms with E-state index in [-0.39, 0.29) is 24.3 Å². The lowest BCUT2D eigenvalue weighted by Gasteiger charge is -2.18. The molecule has 2 aromatic carbocycles. The lowest BCUT2D eigenvalue weighted by molar-refractivity contribution is -0.129. The fourth-order valence-corrected chi connectivity index (χ4v) is 3.36. The van der Waals surface area contributed by atoms with E-state index in [1.807, 2.05) is 72.8 Å². The van der Waals surface area contributed by atoms with E-state index in [1.165, 1.54) is 0 Å². The first-order valence-electron chi connectivity index (χ1n) is 10.4. The highest BCUT2D eigenvalue weighted by Crippen LogP contribution is 2.22. The molecule has 1 aliphatic carbocycles. The zero-order valence-electron chi connectivity index (χ0n) is 16.8. The lowest BCUT2D eigenvalue weighted by atomic mass is 10.0. The first-order valence-corrected chi connectivity index (χ1v) is 10.4. The molecule has 4 rings (SSSR count). The minimum absolute atomic E-state index is 0.112. The molecule has 3 aromatic rings. The van der Waals surface area contributed by atoms with Crippen LogP contribution in [0.4, 0.5) is 0 Å². The van der Waals surface area contributed by atoms with E-state index in [0.717, 1.165) is 35.5 Å². The number of furan rings is 1. The maximum absolute atomic E-state index is 12.6. The number of rotatable bonds is 9. The Morgan fingerprint density at radius 3 is 2.33 bits per heavy atom. The number of carbonyl (C=O) groups is 2. The summed E-state index contributed by atoms with van der Waals surface area (Å²) < 4.78 is 5.87. The highest BCUT2D eigenvalue weighted by atomic mass is 16.3. The number of nitrogens with one attached hydrogen (secondary N) is 2. The monoisotopic (exact) mass is 402 g/mol. The summed E-state index contributed by atoms with van der Waals surface area (Å²) in [6.07, 6.45) is 3.26.